The van der Waals surface area contributed by atoms with Crippen LogP contribution < -0.4 is 0 Å². The highest BCUT2D eigenvalue weighted by atomic mass is 16.6. The van der Waals surface area contributed by atoms with E-state index in [0.29, 0.717) is 19.3 Å². The number of rotatable bonds is 59. The van der Waals surface area contributed by atoms with Crippen molar-refractivity contribution in [3.8, 4) is 0 Å². The molecule has 0 radical (unpaired) electrons. The van der Waals surface area contributed by atoms with Gasteiger partial charge in [0.25, 0.3) is 0 Å². The summed E-state index contributed by atoms with van der Waals surface area (Å²) in [6.07, 6.45) is 97.0. The third-order valence-corrected chi connectivity index (χ3v) is 13.8. The predicted octanol–water partition coefficient (Wildman–Crippen LogP) is 23.1. The Labute approximate surface area is 499 Å². The first-order valence-electron chi connectivity index (χ1n) is 33.3. The zero-order valence-electron chi connectivity index (χ0n) is 52.5. The van der Waals surface area contributed by atoms with Gasteiger partial charge in [-0.25, -0.2) is 0 Å². The normalized spacial score (nSPS) is 13.1. The third kappa shape index (κ3) is 66.0. The monoisotopic (exact) mass is 1120 g/mol. The van der Waals surface area contributed by atoms with E-state index >= 15 is 0 Å². The van der Waals surface area contributed by atoms with Crippen LogP contribution in [-0.4, -0.2) is 37.2 Å². The maximum Gasteiger partial charge on any atom is 0.306 e. The fourth-order valence-corrected chi connectivity index (χ4v) is 8.88. The maximum absolute atomic E-state index is 13.0. The molecule has 0 rings (SSSR count). The van der Waals surface area contributed by atoms with E-state index in [1.165, 1.54) is 109 Å². The van der Waals surface area contributed by atoms with Gasteiger partial charge in [0, 0.05) is 19.3 Å². The van der Waals surface area contributed by atoms with Gasteiger partial charge in [0.1, 0.15) is 13.2 Å². The van der Waals surface area contributed by atoms with Crippen molar-refractivity contribution in [3.05, 3.63) is 146 Å². The molecular formula is C75H122O6. The summed E-state index contributed by atoms with van der Waals surface area (Å²) >= 11 is 0. The number of carbonyl (C=O) groups excluding carboxylic acids is 3. The van der Waals surface area contributed by atoms with Crippen LogP contribution in [0.2, 0.25) is 0 Å². The van der Waals surface area contributed by atoms with Crippen LogP contribution in [-0.2, 0) is 28.6 Å². The average molecular weight is 1120 g/mol. The summed E-state index contributed by atoms with van der Waals surface area (Å²) in [5, 5.41) is 0. The number of hydrogen-bond acceptors (Lipinski definition) is 6. The molecule has 0 heterocycles. The smallest absolute Gasteiger partial charge is 0.306 e. The minimum absolute atomic E-state index is 0.101. The summed E-state index contributed by atoms with van der Waals surface area (Å²) in [6, 6.07) is 0. The molecule has 0 spiro atoms. The lowest BCUT2D eigenvalue weighted by Crippen LogP contribution is -2.30. The van der Waals surface area contributed by atoms with Crippen molar-refractivity contribution in [1.82, 2.24) is 0 Å². The average Bonchev–Trinajstić information content (AvgIpc) is 3.47. The van der Waals surface area contributed by atoms with Crippen molar-refractivity contribution in [2.24, 2.45) is 0 Å². The number of hydrogen-bond donors (Lipinski definition) is 0. The second kappa shape index (κ2) is 67.8. The molecular weight excluding hydrogens is 997 g/mol. The van der Waals surface area contributed by atoms with Gasteiger partial charge < -0.3 is 14.2 Å². The fourth-order valence-electron chi connectivity index (χ4n) is 8.88. The molecule has 1 unspecified atom stereocenters. The summed E-state index contributed by atoms with van der Waals surface area (Å²) in [4.78, 5) is 38.4. The molecule has 0 N–H and O–H groups in total. The molecule has 0 amide bonds. The molecule has 0 aromatic rings. The van der Waals surface area contributed by atoms with Crippen LogP contribution in [0.3, 0.4) is 0 Å². The van der Waals surface area contributed by atoms with E-state index in [1.807, 2.05) is 0 Å². The second-order valence-electron chi connectivity index (χ2n) is 21.6. The molecule has 6 heteroatoms. The molecule has 0 aromatic heterocycles. The van der Waals surface area contributed by atoms with Gasteiger partial charge >= 0.3 is 17.9 Å². The van der Waals surface area contributed by atoms with Gasteiger partial charge in [-0.15, -0.1) is 0 Å². The molecule has 0 saturated heterocycles. The van der Waals surface area contributed by atoms with Gasteiger partial charge in [0.05, 0.1) is 0 Å². The zero-order chi connectivity index (χ0) is 58.5. The minimum Gasteiger partial charge on any atom is -0.462 e. The Morgan fingerprint density at radius 1 is 0.259 bits per heavy atom. The Bertz CT molecular complexity index is 1760. The summed E-state index contributed by atoms with van der Waals surface area (Å²) in [5.74, 6) is -0.945. The number of carbonyl (C=O) groups is 3. The lowest BCUT2D eigenvalue weighted by atomic mass is 10.1. The first-order valence-corrected chi connectivity index (χ1v) is 33.3. The van der Waals surface area contributed by atoms with Gasteiger partial charge in [0.2, 0.25) is 0 Å². The molecule has 0 aromatic carbocycles. The SMILES string of the molecule is CC/C=C\C/C=C\C/C=C\C/C=C\C/C=C\CCCCCCCCCC(=O)OCC(COC(=O)CCCCC/C=C\C/C=C\C/C=C\C/C=C\C/C=C\CC)OC(=O)CCCCCCCCCCC/C=C\C/C=C\CCCCCCC. The number of esters is 3. The molecule has 458 valence electrons. The van der Waals surface area contributed by atoms with Crippen LogP contribution in [0, 0.1) is 0 Å². The van der Waals surface area contributed by atoms with Crippen LogP contribution in [0.5, 0.6) is 0 Å². The Hall–Kier alpha value is -4.71. The highest BCUT2D eigenvalue weighted by molar-refractivity contribution is 5.71. The van der Waals surface area contributed by atoms with Gasteiger partial charge in [-0.2, -0.15) is 0 Å². The standard InChI is InChI=1S/C75H122O6/c1-4-7-10-13-16-19-22-25-28-31-34-36-37-39-41-44-47-50-53-56-59-62-65-68-74(77)80-71-72(70-79-73(76)67-64-61-58-55-52-49-46-43-40-33-30-27-24-21-18-15-12-9-6-3)81-75(78)69-66-63-60-57-54-51-48-45-42-38-35-32-29-26-23-20-17-14-11-8-5-2/h7,9-10,12,16,18-19,21,23,25-28,30,32,34-36,39-41,43,49,52,72H,4-6,8,11,13-15,17,20,22,24,29,31,33,37-38,42,44-48,50-51,53-71H2,1-3H3/b10-7-,12-9-,19-16-,21-18-,26-23-,28-25-,30-27-,35-32-,36-34-,41-39-,43-40-,52-49-. The summed E-state index contributed by atoms with van der Waals surface area (Å²) in [7, 11) is 0. The first kappa shape index (κ1) is 76.3. The van der Waals surface area contributed by atoms with Crippen LogP contribution >= 0.6 is 0 Å². The molecule has 0 fully saturated rings. The van der Waals surface area contributed by atoms with Gasteiger partial charge in [0.15, 0.2) is 6.10 Å². The lowest BCUT2D eigenvalue weighted by molar-refractivity contribution is -0.167. The fraction of sp³-hybridized carbons (Fsp3) is 0.640. The van der Waals surface area contributed by atoms with E-state index in [2.05, 4.69) is 167 Å². The molecule has 81 heavy (non-hydrogen) atoms. The molecule has 0 bridgehead atoms. The van der Waals surface area contributed by atoms with Crippen molar-refractivity contribution < 1.29 is 28.6 Å². The Morgan fingerprint density at radius 3 is 0.765 bits per heavy atom. The lowest BCUT2D eigenvalue weighted by Gasteiger charge is -2.18. The Kier molecular flexibility index (Phi) is 63.9. The zero-order valence-corrected chi connectivity index (χ0v) is 52.5. The quantitative estimate of drug-likeness (QED) is 0.0261. The summed E-state index contributed by atoms with van der Waals surface area (Å²) in [6.45, 7) is 6.38. The third-order valence-electron chi connectivity index (χ3n) is 13.8. The van der Waals surface area contributed by atoms with Crippen molar-refractivity contribution in [1.29, 1.82) is 0 Å². The van der Waals surface area contributed by atoms with Gasteiger partial charge in [-0.05, 0) is 141 Å². The molecule has 0 aliphatic heterocycles. The van der Waals surface area contributed by atoms with E-state index in [9.17, 15) is 14.4 Å². The molecule has 0 aliphatic rings. The van der Waals surface area contributed by atoms with Crippen LogP contribution in [0.25, 0.3) is 0 Å². The highest BCUT2D eigenvalue weighted by Gasteiger charge is 2.19. The van der Waals surface area contributed by atoms with Crippen molar-refractivity contribution in [2.75, 3.05) is 13.2 Å². The van der Waals surface area contributed by atoms with Gasteiger partial charge in [-0.3, -0.25) is 14.4 Å². The molecule has 0 aliphatic carbocycles. The number of allylic oxidation sites excluding steroid dienone is 24. The topological polar surface area (TPSA) is 78.9 Å². The van der Waals surface area contributed by atoms with E-state index in [0.717, 1.165) is 141 Å². The largest absolute Gasteiger partial charge is 0.462 e. The molecule has 0 saturated carbocycles. The van der Waals surface area contributed by atoms with E-state index in [4.69, 9.17) is 14.2 Å². The molecule has 1 atom stereocenters. The summed E-state index contributed by atoms with van der Waals surface area (Å²) < 4.78 is 16.9. The van der Waals surface area contributed by atoms with Crippen molar-refractivity contribution in [3.63, 3.8) is 0 Å². The second-order valence-corrected chi connectivity index (χ2v) is 21.6. The Balaban J connectivity index is 4.49. The van der Waals surface area contributed by atoms with Crippen LogP contribution in [0.4, 0.5) is 0 Å². The van der Waals surface area contributed by atoms with Crippen molar-refractivity contribution in [2.45, 2.75) is 297 Å². The van der Waals surface area contributed by atoms with Crippen LogP contribution in [0.15, 0.2) is 146 Å². The van der Waals surface area contributed by atoms with E-state index < -0.39 is 6.10 Å². The van der Waals surface area contributed by atoms with E-state index in [1.54, 1.807) is 0 Å². The maximum atomic E-state index is 13.0. The number of unbranched alkanes of at least 4 members (excludes halogenated alkanes) is 24. The summed E-state index contributed by atoms with van der Waals surface area (Å²) in [5.41, 5.74) is 0. The first-order chi connectivity index (χ1) is 40.0. The number of ether oxygens (including phenoxy) is 3. The van der Waals surface area contributed by atoms with Crippen molar-refractivity contribution >= 4 is 17.9 Å². The van der Waals surface area contributed by atoms with Crippen LogP contribution in [0.1, 0.15) is 290 Å². The van der Waals surface area contributed by atoms with Gasteiger partial charge in [-0.1, -0.05) is 276 Å². The highest BCUT2D eigenvalue weighted by Crippen LogP contribution is 2.15. The predicted molar refractivity (Wildman–Crippen MR) is 352 cm³/mol. The Morgan fingerprint density at radius 2 is 0.481 bits per heavy atom. The van der Waals surface area contributed by atoms with E-state index in [-0.39, 0.29) is 31.1 Å². The minimum atomic E-state index is -0.808. The molecule has 6 nitrogen and oxygen atoms in total.